The van der Waals surface area contributed by atoms with E-state index in [4.69, 9.17) is 10.8 Å². The SMILES string of the molecule is C[C@H](O)CNc1cc(C(N)=O)ccn1. The number of pyridine rings is 1. The number of nitrogens with two attached hydrogens (primary N) is 1. The van der Waals surface area contributed by atoms with Gasteiger partial charge in [0, 0.05) is 18.3 Å². The van der Waals surface area contributed by atoms with Crippen molar-refractivity contribution in [2.45, 2.75) is 13.0 Å². The lowest BCUT2D eigenvalue weighted by Crippen LogP contribution is -2.17. The number of anilines is 1. The molecule has 1 atom stereocenters. The third-order valence-electron chi connectivity index (χ3n) is 1.62. The van der Waals surface area contributed by atoms with E-state index in [1.807, 2.05) is 0 Å². The first-order chi connectivity index (χ1) is 6.59. The van der Waals surface area contributed by atoms with E-state index in [-0.39, 0.29) is 0 Å². The summed E-state index contributed by atoms with van der Waals surface area (Å²) in [6.45, 7) is 2.04. The van der Waals surface area contributed by atoms with E-state index in [1.54, 1.807) is 13.0 Å². The van der Waals surface area contributed by atoms with Gasteiger partial charge >= 0.3 is 0 Å². The quantitative estimate of drug-likeness (QED) is 0.629. The number of carbonyl (C=O) groups is 1. The third-order valence-corrected chi connectivity index (χ3v) is 1.62. The van der Waals surface area contributed by atoms with Crippen molar-refractivity contribution >= 4 is 11.7 Å². The molecule has 0 aliphatic rings. The molecule has 5 nitrogen and oxygen atoms in total. The van der Waals surface area contributed by atoms with Gasteiger partial charge in [0.25, 0.3) is 0 Å². The molecule has 0 saturated carbocycles. The lowest BCUT2D eigenvalue weighted by atomic mass is 10.2. The number of nitrogens with zero attached hydrogens (tertiary/aromatic N) is 1. The Morgan fingerprint density at radius 3 is 3.07 bits per heavy atom. The Morgan fingerprint density at radius 2 is 2.50 bits per heavy atom. The average molecular weight is 195 g/mol. The van der Waals surface area contributed by atoms with Crippen molar-refractivity contribution < 1.29 is 9.90 Å². The Kier molecular flexibility index (Phi) is 3.41. The summed E-state index contributed by atoms with van der Waals surface area (Å²) >= 11 is 0. The fourth-order valence-corrected chi connectivity index (χ4v) is 0.933. The fourth-order valence-electron chi connectivity index (χ4n) is 0.933. The molecule has 76 valence electrons. The van der Waals surface area contributed by atoms with Crippen LogP contribution in [0.15, 0.2) is 18.3 Å². The van der Waals surface area contributed by atoms with Crippen LogP contribution in [0.5, 0.6) is 0 Å². The second-order valence-corrected chi connectivity index (χ2v) is 3.02. The first kappa shape index (κ1) is 10.5. The highest BCUT2D eigenvalue weighted by Gasteiger charge is 2.02. The van der Waals surface area contributed by atoms with Gasteiger partial charge in [0.1, 0.15) is 5.82 Å². The molecule has 0 saturated heterocycles. The minimum Gasteiger partial charge on any atom is -0.392 e. The number of aliphatic hydroxyl groups is 1. The van der Waals surface area contributed by atoms with Crippen molar-refractivity contribution in [2.75, 3.05) is 11.9 Å². The lowest BCUT2D eigenvalue weighted by molar-refractivity contribution is 0.1000. The molecule has 0 unspecified atom stereocenters. The number of hydrogen-bond acceptors (Lipinski definition) is 4. The topological polar surface area (TPSA) is 88.2 Å². The van der Waals surface area contributed by atoms with Gasteiger partial charge in [-0.15, -0.1) is 0 Å². The summed E-state index contributed by atoms with van der Waals surface area (Å²) in [4.78, 5) is 14.8. The second-order valence-electron chi connectivity index (χ2n) is 3.02. The molecule has 0 bridgehead atoms. The summed E-state index contributed by atoms with van der Waals surface area (Å²) in [6.07, 6.45) is 1.03. The molecule has 5 heteroatoms. The molecule has 1 rings (SSSR count). The maximum atomic E-state index is 10.8. The number of hydrogen-bond donors (Lipinski definition) is 3. The van der Waals surface area contributed by atoms with Gasteiger partial charge in [-0.2, -0.15) is 0 Å². The largest absolute Gasteiger partial charge is 0.392 e. The Bertz CT molecular complexity index is 326. The number of nitrogens with one attached hydrogen (secondary N) is 1. The summed E-state index contributed by atoms with van der Waals surface area (Å²) in [5.41, 5.74) is 5.49. The van der Waals surface area contributed by atoms with Gasteiger partial charge < -0.3 is 16.2 Å². The third kappa shape index (κ3) is 3.02. The van der Waals surface area contributed by atoms with Crippen LogP contribution in [0.2, 0.25) is 0 Å². The maximum absolute atomic E-state index is 10.8. The zero-order valence-electron chi connectivity index (χ0n) is 7.90. The highest BCUT2D eigenvalue weighted by molar-refractivity contribution is 5.93. The number of aliphatic hydroxyl groups excluding tert-OH is 1. The first-order valence-corrected chi connectivity index (χ1v) is 4.27. The Labute approximate surface area is 82.0 Å². The Hall–Kier alpha value is -1.62. The first-order valence-electron chi connectivity index (χ1n) is 4.27. The maximum Gasteiger partial charge on any atom is 0.248 e. The molecule has 0 fully saturated rings. The van der Waals surface area contributed by atoms with Crippen LogP contribution in [-0.4, -0.2) is 28.6 Å². The highest BCUT2D eigenvalue weighted by atomic mass is 16.3. The number of aromatic nitrogens is 1. The molecule has 0 aromatic carbocycles. The van der Waals surface area contributed by atoms with E-state index >= 15 is 0 Å². The highest BCUT2D eigenvalue weighted by Crippen LogP contribution is 2.05. The number of amides is 1. The molecule has 1 heterocycles. The second kappa shape index (κ2) is 4.57. The number of carbonyl (C=O) groups excluding carboxylic acids is 1. The van der Waals surface area contributed by atoms with Crippen LogP contribution in [0.1, 0.15) is 17.3 Å². The Morgan fingerprint density at radius 1 is 1.79 bits per heavy atom. The van der Waals surface area contributed by atoms with Gasteiger partial charge in [-0.05, 0) is 19.1 Å². The summed E-state index contributed by atoms with van der Waals surface area (Å²) in [5, 5.41) is 11.9. The molecule has 4 N–H and O–H groups in total. The summed E-state index contributed by atoms with van der Waals surface area (Å²) in [6, 6.07) is 3.08. The van der Waals surface area contributed by atoms with Crippen molar-refractivity contribution in [3.63, 3.8) is 0 Å². The predicted octanol–water partition coefficient (Wildman–Crippen LogP) is -0.0268. The zero-order chi connectivity index (χ0) is 10.6. The molecular weight excluding hydrogens is 182 g/mol. The molecule has 1 aromatic heterocycles. The van der Waals surface area contributed by atoms with E-state index in [9.17, 15) is 4.79 Å². The predicted molar refractivity (Wildman–Crippen MR) is 52.9 cm³/mol. The normalized spacial score (nSPS) is 12.1. The molecule has 1 aromatic rings. The standard InChI is InChI=1S/C9H13N3O2/c1-6(13)5-12-8-4-7(9(10)14)2-3-11-8/h2-4,6,13H,5H2,1H3,(H2,10,14)(H,11,12)/t6-/m0/s1. The lowest BCUT2D eigenvalue weighted by Gasteiger charge is -2.07. The van der Waals surface area contributed by atoms with Crippen LogP contribution in [0.25, 0.3) is 0 Å². The molecule has 0 spiro atoms. The average Bonchev–Trinajstić information content (AvgIpc) is 2.15. The van der Waals surface area contributed by atoms with Crippen molar-refractivity contribution in [2.24, 2.45) is 5.73 Å². The van der Waals surface area contributed by atoms with Gasteiger partial charge in [0.05, 0.1) is 6.10 Å². The van der Waals surface area contributed by atoms with Crippen molar-refractivity contribution in [3.05, 3.63) is 23.9 Å². The van der Waals surface area contributed by atoms with E-state index in [0.29, 0.717) is 17.9 Å². The molecule has 0 aliphatic heterocycles. The van der Waals surface area contributed by atoms with E-state index in [1.165, 1.54) is 12.3 Å². The molecule has 0 radical (unpaired) electrons. The van der Waals surface area contributed by atoms with Crippen LogP contribution < -0.4 is 11.1 Å². The van der Waals surface area contributed by atoms with E-state index < -0.39 is 12.0 Å². The summed E-state index contributed by atoms with van der Waals surface area (Å²) < 4.78 is 0. The monoisotopic (exact) mass is 195 g/mol. The summed E-state index contributed by atoms with van der Waals surface area (Å²) in [5.74, 6) is 0.0368. The van der Waals surface area contributed by atoms with E-state index in [0.717, 1.165) is 0 Å². The molecule has 14 heavy (non-hydrogen) atoms. The van der Waals surface area contributed by atoms with Gasteiger partial charge in [0.2, 0.25) is 5.91 Å². The van der Waals surface area contributed by atoms with Gasteiger partial charge in [-0.25, -0.2) is 4.98 Å². The van der Waals surface area contributed by atoms with Gasteiger partial charge in [-0.1, -0.05) is 0 Å². The van der Waals surface area contributed by atoms with Crippen LogP contribution >= 0.6 is 0 Å². The van der Waals surface area contributed by atoms with Crippen LogP contribution in [-0.2, 0) is 0 Å². The van der Waals surface area contributed by atoms with Crippen LogP contribution in [0.4, 0.5) is 5.82 Å². The van der Waals surface area contributed by atoms with Gasteiger partial charge in [0.15, 0.2) is 0 Å². The van der Waals surface area contributed by atoms with Crippen molar-refractivity contribution in [3.8, 4) is 0 Å². The van der Waals surface area contributed by atoms with Crippen molar-refractivity contribution in [1.82, 2.24) is 4.98 Å². The minimum atomic E-state index is -0.493. The molecule has 0 aliphatic carbocycles. The molecule has 1 amide bonds. The fraction of sp³-hybridized carbons (Fsp3) is 0.333. The number of rotatable bonds is 4. The number of primary amides is 1. The molecular formula is C9H13N3O2. The van der Waals surface area contributed by atoms with Crippen LogP contribution in [0.3, 0.4) is 0 Å². The smallest absolute Gasteiger partial charge is 0.248 e. The van der Waals surface area contributed by atoms with E-state index in [2.05, 4.69) is 10.3 Å². The van der Waals surface area contributed by atoms with Gasteiger partial charge in [-0.3, -0.25) is 4.79 Å². The van der Waals surface area contributed by atoms with Crippen LogP contribution in [0, 0.1) is 0 Å². The van der Waals surface area contributed by atoms with Crippen molar-refractivity contribution in [1.29, 1.82) is 0 Å². The minimum absolute atomic E-state index is 0.384. The zero-order valence-corrected chi connectivity index (χ0v) is 7.90. The summed E-state index contributed by atoms with van der Waals surface area (Å²) in [7, 11) is 0. The Balaban J connectivity index is 2.69.